The fourth-order valence-electron chi connectivity index (χ4n) is 3.37. The molecule has 1 heterocycles. The molecule has 0 spiro atoms. The van der Waals surface area contributed by atoms with Gasteiger partial charge in [-0.05, 0) is 24.3 Å². The summed E-state index contributed by atoms with van der Waals surface area (Å²) in [7, 11) is 0. The molecule has 0 aliphatic carbocycles. The molecule has 0 unspecified atom stereocenters. The van der Waals surface area contributed by atoms with Gasteiger partial charge in [-0.2, -0.15) is 5.01 Å². The van der Waals surface area contributed by atoms with Crippen LogP contribution in [0.4, 0.5) is 4.79 Å². The zero-order chi connectivity index (χ0) is 23.0. The second kappa shape index (κ2) is 11.2. The second-order valence-corrected chi connectivity index (χ2v) is 7.70. The van der Waals surface area contributed by atoms with E-state index in [0.717, 1.165) is 5.56 Å². The number of aliphatic hydroxyl groups excluding tert-OH is 1. The summed E-state index contributed by atoms with van der Waals surface area (Å²) in [6, 6.07) is 7.36. The summed E-state index contributed by atoms with van der Waals surface area (Å²) in [6.45, 7) is 3.12. The monoisotopic (exact) mass is 432 g/mol. The number of imide groups is 1. The number of amides is 5. The number of urea groups is 1. The van der Waals surface area contributed by atoms with Gasteiger partial charge in [-0.25, -0.2) is 10.3 Å². The Morgan fingerprint density at radius 1 is 1.16 bits per heavy atom. The molecule has 0 aromatic heterocycles. The van der Waals surface area contributed by atoms with E-state index in [9.17, 15) is 24.4 Å². The first kappa shape index (κ1) is 24.0. The van der Waals surface area contributed by atoms with Crippen molar-refractivity contribution in [1.82, 2.24) is 21.2 Å². The van der Waals surface area contributed by atoms with Crippen LogP contribution >= 0.6 is 0 Å². The summed E-state index contributed by atoms with van der Waals surface area (Å²) in [4.78, 5) is 49.5. The molecule has 1 aliphatic heterocycles. The Morgan fingerprint density at radius 2 is 1.84 bits per heavy atom. The Labute approximate surface area is 180 Å². The molecular weight excluding hydrogens is 404 g/mol. The number of rotatable bonds is 10. The number of hydrogen-bond donors (Lipinski definition) is 5. The molecule has 0 radical (unpaired) electrons. The first-order valence-electron chi connectivity index (χ1n) is 9.99. The van der Waals surface area contributed by atoms with Gasteiger partial charge in [-0.1, -0.05) is 56.3 Å². The van der Waals surface area contributed by atoms with E-state index in [2.05, 4.69) is 10.7 Å². The van der Waals surface area contributed by atoms with Gasteiger partial charge in [0.05, 0.1) is 18.4 Å². The lowest BCUT2D eigenvalue weighted by molar-refractivity contribution is -0.144. The van der Waals surface area contributed by atoms with Gasteiger partial charge in [0.15, 0.2) is 0 Å². The van der Waals surface area contributed by atoms with E-state index in [-0.39, 0.29) is 18.8 Å². The largest absolute Gasteiger partial charge is 0.394 e. The zero-order valence-electron chi connectivity index (χ0n) is 17.4. The number of aliphatic hydroxyl groups is 1. The van der Waals surface area contributed by atoms with Crippen LogP contribution in [0.25, 0.3) is 6.08 Å². The van der Waals surface area contributed by atoms with Gasteiger partial charge in [0.2, 0.25) is 11.8 Å². The van der Waals surface area contributed by atoms with Crippen molar-refractivity contribution < 1.29 is 29.5 Å². The van der Waals surface area contributed by atoms with Crippen LogP contribution in [0, 0.1) is 17.8 Å². The first-order valence-corrected chi connectivity index (χ1v) is 9.99. The molecule has 168 valence electrons. The van der Waals surface area contributed by atoms with Gasteiger partial charge < -0.3 is 10.4 Å². The number of carbonyl (C=O) groups excluding carboxylic acids is 4. The lowest BCUT2D eigenvalue weighted by Crippen LogP contribution is -2.51. The van der Waals surface area contributed by atoms with Gasteiger partial charge in [0.1, 0.15) is 6.04 Å². The maximum atomic E-state index is 13.0. The van der Waals surface area contributed by atoms with Gasteiger partial charge in [-0.15, -0.1) is 0 Å². The van der Waals surface area contributed by atoms with E-state index < -0.39 is 48.2 Å². The van der Waals surface area contributed by atoms with Crippen molar-refractivity contribution in [2.75, 3.05) is 6.61 Å². The summed E-state index contributed by atoms with van der Waals surface area (Å²) in [6.07, 6.45) is 3.94. The topological polar surface area (TPSA) is 148 Å². The van der Waals surface area contributed by atoms with Gasteiger partial charge in [-0.3, -0.25) is 25.0 Å². The molecule has 5 N–H and O–H groups in total. The molecule has 1 aromatic rings. The molecule has 0 bridgehead atoms. The van der Waals surface area contributed by atoms with Crippen molar-refractivity contribution >= 4 is 29.8 Å². The summed E-state index contributed by atoms with van der Waals surface area (Å²) >= 11 is 0. The Kier molecular flexibility index (Phi) is 8.71. The standard InChI is InChI=1S/C21H28N4O6/c1-13(2)11-16(18(27)23-25-20(29)17(12-26)22-21(25)30)15(19(28)24-31)10-6-9-14-7-4-3-5-8-14/h3-9,13,15-17,26,31H,10-12H2,1-2H3,(H,22,30)(H,23,27)(H,24,28)/t15-,16+,17-/m0/s1. The van der Waals surface area contributed by atoms with Crippen molar-refractivity contribution in [1.29, 1.82) is 0 Å². The average molecular weight is 432 g/mol. The Hall–Kier alpha value is -3.24. The van der Waals surface area contributed by atoms with Crippen molar-refractivity contribution in [2.24, 2.45) is 17.8 Å². The molecule has 2 rings (SSSR count). The lowest BCUT2D eigenvalue weighted by Gasteiger charge is -2.27. The number of carbonyl (C=O) groups is 4. The number of hydrazine groups is 1. The molecule has 1 aliphatic rings. The highest BCUT2D eigenvalue weighted by Gasteiger charge is 2.41. The van der Waals surface area contributed by atoms with E-state index in [4.69, 9.17) is 5.11 Å². The molecule has 3 atom stereocenters. The van der Waals surface area contributed by atoms with Crippen LogP contribution in [-0.2, 0) is 14.4 Å². The van der Waals surface area contributed by atoms with E-state index in [1.807, 2.05) is 44.2 Å². The molecular formula is C21H28N4O6. The summed E-state index contributed by atoms with van der Waals surface area (Å²) < 4.78 is 0. The highest BCUT2D eigenvalue weighted by molar-refractivity contribution is 6.05. The fraction of sp³-hybridized carbons (Fsp3) is 0.429. The predicted octanol–water partition coefficient (Wildman–Crippen LogP) is 0.818. The number of benzene rings is 1. The van der Waals surface area contributed by atoms with Crippen LogP contribution in [0.2, 0.25) is 0 Å². The maximum Gasteiger partial charge on any atom is 0.344 e. The SMILES string of the molecule is CC(C)C[C@@H](C(=O)NN1C(=O)N[C@@H](CO)C1=O)[C@H](CC=Cc1ccccc1)C(=O)NO. The Bertz CT molecular complexity index is 826. The molecule has 10 heteroatoms. The number of hydrogen-bond acceptors (Lipinski definition) is 6. The lowest BCUT2D eigenvalue weighted by atomic mass is 9.82. The normalized spacial score (nSPS) is 18.2. The smallest absolute Gasteiger partial charge is 0.344 e. The number of nitrogens with zero attached hydrogens (tertiary/aromatic N) is 1. The van der Waals surface area contributed by atoms with Crippen LogP contribution < -0.4 is 16.2 Å². The highest BCUT2D eigenvalue weighted by atomic mass is 16.5. The molecule has 0 saturated carbocycles. The Morgan fingerprint density at radius 3 is 2.39 bits per heavy atom. The van der Waals surface area contributed by atoms with E-state index in [1.54, 1.807) is 17.6 Å². The van der Waals surface area contributed by atoms with Crippen LogP contribution in [0.3, 0.4) is 0 Å². The minimum Gasteiger partial charge on any atom is -0.394 e. The first-order chi connectivity index (χ1) is 14.8. The summed E-state index contributed by atoms with van der Waals surface area (Å²) in [5, 5.41) is 21.1. The van der Waals surface area contributed by atoms with Crippen molar-refractivity contribution in [3.63, 3.8) is 0 Å². The number of nitrogens with one attached hydrogen (secondary N) is 3. The molecule has 1 fully saturated rings. The van der Waals surface area contributed by atoms with Crippen LogP contribution in [0.5, 0.6) is 0 Å². The number of allylic oxidation sites excluding steroid dienone is 1. The van der Waals surface area contributed by atoms with Crippen LogP contribution in [-0.4, -0.2) is 51.7 Å². The van der Waals surface area contributed by atoms with Crippen LogP contribution in [0.15, 0.2) is 36.4 Å². The zero-order valence-corrected chi connectivity index (χ0v) is 17.4. The van der Waals surface area contributed by atoms with Crippen molar-refractivity contribution in [3.05, 3.63) is 42.0 Å². The predicted molar refractivity (Wildman–Crippen MR) is 111 cm³/mol. The molecule has 10 nitrogen and oxygen atoms in total. The van der Waals surface area contributed by atoms with Gasteiger partial charge >= 0.3 is 6.03 Å². The minimum atomic E-state index is -1.14. The van der Waals surface area contributed by atoms with Crippen molar-refractivity contribution in [3.8, 4) is 0 Å². The third-order valence-electron chi connectivity index (χ3n) is 4.92. The molecule has 5 amide bonds. The van der Waals surface area contributed by atoms with E-state index in [1.165, 1.54) is 0 Å². The molecule has 1 saturated heterocycles. The summed E-state index contributed by atoms with van der Waals surface area (Å²) in [5.41, 5.74) is 4.76. The van der Waals surface area contributed by atoms with Gasteiger partial charge in [0, 0.05) is 0 Å². The van der Waals surface area contributed by atoms with Crippen LogP contribution in [0.1, 0.15) is 32.3 Å². The third kappa shape index (κ3) is 6.37. The Balaban J connectivity index is 2.21. The summed E-state index contributed by atoms with van der Waals surface area (Å²) in [5.74, 6) is -4.11. The van der Waals surface area contributed by atoms with E-state index in [0.29, 0.717) is 5.01 Å². The fourth-order valence-corrected chi connectivity index (χ4v) is 3.37. The highest BCUT2D eigenvalue weighted by Crippen LogP contribution is 2.26. The van der Waals surface area contributed by atoms with E-state index >= 15 is 0 Å². The maximum absolute atomic E-state index is 13.0. The quantitative estimate of drug-likeness (QED) is 0.210. The third-order valence-corrected chi connectivity index (χ3v) is 4.92. The van der Waals surface area contributed by atoms with Crippen molar-refractivity contribution in [2.45, 2.75) is 32.7 Å². The minimum absolute atomic E-state index is 0.0103. The van der Waals surface area contributed by atoms with Gasteiger partial charge in [0.25, 0.3) is 5.91 Å². The molecule has 1 aromatic carbocycles. The second-order valence-electron chi connectivity index (χ2n) is 7.70. The molecule has 31 heavy (non-hydrogen) atoms. The average Bonchev–Trinajstić information content (AvgIpc) is 3.03. The number of hydroxylamine groups is 1.